The van der Waals surface area contributed by atoms with Crippen molar-refractivity contribution in [3.05, 3.63) is 66.7 Å². The molecule has 34 heavy (non-hydrogen) atoms. The van der Waals surface area contributed by atoms with Crippen LogP contribution in [0.25, 0.3) is 42.8 Å². The van der Waals surface area contributed by atoms with E-state index in [0.29, 0.717) is 12.5 Å². The summed E-state index contributed by atoms with van der Waals surface area (Å²) in [6.45, 7) is 6.14. The van der Waals surface area contributed by atoms with Gasteiger partial charge in [-0.3, -0.25) is 0 Å². The van der Waals surface area contributed by atoms with Crippen molar-refractivity contribution in [1.82, 2.24) is 20.3 Å². The average Bonchev–Trinajstić information content (AvgIpc) is 3.29. The van der Waals surface area contributed by atoms with Crippen molar-refractivity contribution in [2.75, 3.05) is 37.7 Å². The summed E-state index contributed by atoms with van der Waals surface area (Å²) in [5.74, 6) is 1.37. The molecule has 1 saturated heterocycles. The van der Waals surface area contributed by atoms with Crippen LogP contribution in [0, 0.1) is 0 Å². The Kier molecular flexibility index (Phi) is 5.57. The Morgan fingerprint density at radius 2 is 1.62 bits per heavy atom. The van der Waals surface area contributed by atoms with E-state index in [0.717, 1.165) is 74.9 Å². The summed E-state index contributed by atoms with van der Waals surface area (Å²) in [7, 11) is 0. The zero-order valence-electron chi connectivity index (χ0n) is 19.0. The van der Waals surface area contributed by atoms with Crippen LogP contribution in [0.4, 0.5) is 5.95 Å². The number of thiophene rings is 1. The van der Waals surface area contributed by atoms with Gasteiger partial charge in [0.15, 0.2) is 0 Å². The number of aromatic nitrogens is 3. The maximum absolute atomic E-state index is 6.03. The van der Waals surface area contributed by atoms with E-state index in [4.69, 9.17) is 19.7 Å². The lowest BCUT2D eigenvalue weighted by Crippen LogP contribution is -2.44. The molecule has 0 saturated carbocycles. The van der Waals surface area contributed by atoms with Crippen molar-refractivity contribution in [3.63, 3.8) is 0 Å². The summed E-state index contributed by atoms with van der Waals surface area (Å²) >= 11 is 1.61. The van der Waals surface area contributed by atoms with Gasteiger partial charge >= 0.3 is 0 Å². The quantitative estimate of drug-likeness (QED) is 0.374. The fraction of sp³-hybridized carbons (Fsp3) is 0.222. The minimum Gasteiger partial charge on any atom is -0.477 e. The van der Waals surface area contributed by atoms with Crippen LogP contribution in [0.15, 0.2) is 66.7 Å². The Morgan fingerprint density at radius 1 is 0.912 bits per heavy atom. The zero-order valence-corrected chi connectivity index (χ0v) is 19.8. The van der Waals surface area contributed by atoms with Crippen LogP contribution in [0.2, 0.25) is 0 Å². The molecule has 7 heteroatoms. The Labute approximate surface area is 202 Å². The molecule has 1 aliphatic heterocycles. The van der Waals surface area contributed by atoms with E-state index in [-0.39, 0.29) is 0 Å². The van der Waals surface area contributed by atoms with Gasteiger partial charge in [0.1, 0.15) is 15.0 Å². The van der Waals surface area contributed by atoms with Gasteiger partial charge in [-0.25, -0.2) is 9.97 Å². The zero-order chi connectivity index (χ0) is 22.9. The van der Waals surface area contributed by atoms with E-state index in [1.54, 1.807) is 11.3 Å². The summed E-state index contributed by atoms with van der Waals surface area (Å²) in [5.41, 5.74) is 5.23. The van der Waals surface area contributed by atoms with Gasteiger partial charge in [0.2, 0.25) is 11.8 Å². The second-order valence-electron chi connectivity index (χ2n) is 8.25. The molecule has 4 heterocycles. The number of ether oxygens (including phenoxy) is 1. The third kappa shape index (κ3) is 3.77. The molecule has 0 amide bonds. The van der Waals surface area contributed by atoms with Gasteiger partial charge in [-0.1, -0.05) is 60.7 Å². The third-order valence-electron chi connectivity index (χ3n) is 6.08. The topological polar surface area (TPSA) is 63.2 Å². The number of fused-ring (bicyclic) bond motifs is 3. The normalized spacial score (nSPS) is 14.1. The average molecular weight is 468 g/mol. The first-order chi connectivity index (χ1) is 16.8. The molecule has 6 rings (SSSR count). The summed E-state index contributed by atoms with van der Waals surface area (Å²) in [6, 6.07) is 23.0. The number of nitrogens with one attached hydrogen (secondary N) is 1. The van der Waals surface area contributed by atoms with Gasteiger partial charge in [-0.05, 0) is 24.1 Å². The molecule has 2 aromatic carbocycles. The molecule has 1 N–H and O–H groups in total. The fourth-order valence-corrected chi connectivity index (χ4v) is 5.53. The predicted octanol–water partition coefficient (Wildman–Crippen LogP) is 5.38. The first-order valence-corrected chi connectivity index (χ1v) is 12.5. The van der Waals surface area contributed by atoms with Crippen molar-refractivity contribution in [3.8, 4) is 28.3 Å². The van der Waals surface area contributed by atoms with Crippen molar-refractivity contribution in [1.29, 1.82) is 0 Å². The molecule has 170 valence electrons. The van der Waals surface area contributed by atoms with Crippen LogP contribution in [-0.2, 0) is 0 Å². The number of pyridine rings is 1. The largest absolute Gasteiger partial charge is 0.477 e. The molecule has 5 aromatic rings. The molecule has 1 aliphatic rings. The molecule has 0 unspecified atom stereocenters. The summed E-state index contributed by atoms with van der Waals surface area (Å²) in [5, 5.41) is 4.46. The van der Waals surface area contributed by atoms with E-state index < -0.39 is 0 Å². The van der Waals surface area contributed by atoms with E-state index in [2.05, 4.69) is 52.7 Å². The molecule has 0 atom stereocenters. The smallest absolute Gasteiger partial charge is 0.236 e. The Balaban J connectivity index is 1.65. The van der Waals surface area contributed by atoms with E-state index in [9.17, 15) is 0 Å². The standard InChI is InChI=1S/C27H25N5OS/c1-2-33-25-24-23(30-27(31-25)32-15-13-28-14-16-32)22-20(18-9-5-3-6-10-18)17-21(29-26(22)34-24)19-11-7-4-8-12-19/h3-12,17,28H,2,13-16H2,1H3. The number of nitrogens with zero attached hydrogens (tertiary/aromatic N) is 4. The predicted molar refractivity (Wildman–Crippen MR) is 140 cm³/mol. The van der Waals surface area contributed by atoms with Crippen LogP contribution in [0.5, 0.6) is 5.88 Å². The lowest BCUT2D eigenvalue weighted by Gasteiger charge is -2.27. The highest BCUT2D eigenvalue weighted by molar-refractivity contribution is 7.25. The van der Waals surface area contributed by atoms with Gasteiger partial charge < -0.3 is 15.0 Å². The molecule has 3 aromatic heterocycles. The van der Waals surface area contributed by atoms with Crippen LogP contribution in [0.1, 0.15) is 6.92 Å². The Morgan fingerprint density at radius 3 is 2.32 bits per heavy atom. The fourth-order valence-electron chi connectivity index (χ4n) is 4.44. The van der Waals surface area contributed by atoms with Crippen LogP contribution in [-0.4, -0.2) is 47.7 Å². The van der Waals surface area contributed by atoms with E-state index in [1.165, 1.54) is 0 Å². The number of hydrogen-bond acceptors (Lipinski definition) is 7. The number of rotatable bonds is 5. The van der Waals surface area contributed by atoms with E-state index in [1.807, 2.05) is 31.2 Å². The van der Waals surface area contributed by atoms with Gasteiger partial charge in [-0.15, -0.1) is 11.3 Å². The van der Waals surface area contributed by atoms with E-state index >= 15 is 0 Å². The third-order valence-corrected chi connectivity index (χ3v) is 7.14. The van der Waals surface area contributed by atoms with Crippen molar-refractivity contribution < 1.29 is 4.74 Å². The van der Waals surface area contributed by atoms with Crippen molar-refractivity contribution >= 4 is 37.7 Å². The maximum Gasteiger partial charge on any atom is 0.236 e. The number of hydrogen-bond donors (Lipinski definition) is 1. The molecule has 0 aliphatic carbocycles. The SMILES string of the molecule is CCOc1nc(N2CCNCC2)nc2c1sc1nc(-c3ccccc3)cc(-c3ccccc3)c12. The molecular weight excluding hydrogens is 442 g/mol. The van der Waals surface area contributed by atoms with Crippen LogP contribution < -0.4 is 15.0 Å². The van der Waals surface area contributed by atoms with Gasteiger partial charge in [0, 0.05) is 37.1 Å². The summed E-state index contributed by atoms with van der Waals surface area (Å²) in [4.78, 5) is 18.2. The molecule has 6 nitrogen and oxygen atoms in total. The van der Waals surface area contributed by atoms with Crippen molar-refractivity contribution in [2.24, 2.45) is 0 Å². The first kappa shape index (κ1) is 21.0. The van der Waals surface area contributed by atoms with Crippen LogP contribution >= 0.6 is 11.3 Å². The van der Waals surface area contributed by atoms with Gasteiger partial charge in [0.25, 0.3) is 0 Å². The molecule has 0 spiro atoms. The number of anilines is 1. The van der Waals surface area contributed by atoms with Crippen molar-refractivity contribution in [2.45, 2.75) is 6.92 Å². The molecule has 1 fully saturated rings. The molecule has 0 bridgehead atoms. The summed E-state index contributed by atoms with van der Waals surface area (Å²) in [6.07, 6.45) is 0. The maximum atomic E-state index is 6.03. The monoisotopic (exact) mass is 467 g/mol. The molecule has 0 radical (unpaired) electrons. The summed E-state index contributed by atoms with van der Waals surface area (Å²) < 4.78 is 6.98. The highest BCUT2D eigenvalue weighted by Crippen LogP contribution is 2.43. The number of benzene rings is 2. The lowest BCUT2D eigenvalue weighted by molar-refractivity contribution is 0.331. The Hall–Kier alpha value is -3.55. The highest BCUT2D eigenvalue weighted by atomic mass is 32.1. The second kappa shape index (κ2) is 9.00. The number of piperazine rings is 1. The van der Waals surface area contributed by atoms with Gasteiger partial charge in [0.05, 0.1) is 12.3 Å². The van der Waals surface area contributed by atoms with Gasteiger partial charge in [-0.2, -0.15) is 4.98 Å². The minimum absolute atomic E-state index is 0.551. The van der Waals surface area contributed by atoms with Crippen LogP contribution in [0.3, 0.4) is 0 Å². The Bertz CT molecular complexity index is 1450. The highest BCUT2D eigenvalue weighted by Gasteiger charge is 2.23. The second-order valence-corrected chi connectivity index (χ2v) is 9.24. The first-order valence-electron chi connectivity index (χ1n) is 11.7. The minimum atomic E-state index is 0.551. The lowest BCUT2D eigenvalue weighted by atomic mass is 10.00. The molecular formula is C27H25N5OS.